The summed E-state index contributed by atoms with van der Waals surface area (Å²) < 4.78 is 5.13. The fourth-order valence-electron chi connectivity index (χ4n) is 5.95. The molecule has 2 aromatic carbocycles. The summed E-state index contributed by atoms with van der Waals surface area (Å²) in [5, 5.41) is 7.87. The van der Waals surface area contributed by atoms with Gasteiger partial charge in [0.1, 0.15) is 5.54 Å². The third-order valence-electron chi connectivity index (χ3n) is 7.40. The number of H-pyrrole nitrogens is 1. The zero-order chi connectivity index (χ0) is 23.6. The number of nitrogens with one attached hydrogen (secondary N) is 3. The van der Waals surface area contributed by atoms with Crippen LogP contribution in [0.1, 0.15) is 11.1 Å². The Hall–Kier alpha value is -3.20. The topological polar surface area (TPSA) is 104 Å². The van der Waals surface area contributed by atoms with Gasteiger partial charge in [-0.2, -0.15) is 0 Å². The maximum absolute atomic E-state index is 13.7. The molecule has 0 bridgehead atoms. The largest absolute Gasteiger partial charge is 0.383 e. The van der Waals surface area contributed by atoms with Crippen molar-refractivity contribution in [2.75, 3.05) is 25.6 Å². The van der Waals surface area contributed by atoms with Crippen LogP contribution in [0.25, 0.3) is 10.9 Å². The molecular weight excluding hydrogens is 456 g/mol. The molecule has 3 aromatic rings. The number of anilines is 1. The van der Waals surface area contributed by atoms with Gasteiger partial charge in [0.2, 0.25) is 17.7 Å². The van der Waals surface area contributed by atoms with Crippen LogP contribution in [0.2, 0.25) is 5.02 Å². The number of fused-ring (bicyclic) bond motifs is 5. The number of carbonyl (C=O) groups excluding carboxylic acids is 3. The molecule has 4 atom stereocenters. The minimum atomic E-state index is -1.36. The first kappa shape index (κ1) is 21.3. The second-order valence-electron chi connectivity index (χ2n) is 9.09. The summed E-state index contributed by atoms with van der Waals surface area (Å²) in [4.78, 5) is 45.3. The van der Waals surface area contributed by atoms with Crippen LogP contribution >= 0.6 is 11.6 Å². The van der Waals surface area contributed by atoms with Crippen molar-refractivity contribution < 1.29 is 19.1 Å². The second kappa shape index (κ2) is 7.66. The molecule has 3 aliphatic heterocycles. The van der Waals surface area contributed by atoms with E-state index in [0.717, 1.165) is 16.5 Å². The highest BCUT2D eigenvalue weighted by Gasteiger charge is 2.70. The van der Waals surface area contributed by atoms with E-state index in [-0.39, 0.29) is 30.9 Å². The standard InChI is InChI=1S/C25H23ClN4O4/c1-34-9-8-30-22(31)20-19(10-13-12-27-17-5-3-2-4-15(13)17)29-25(21(20)23(30)32)16-11-14(26)6-7-18(16)28-24(25)33/h2-7,11-12,19-21,27,29H,8-10H2,1H3,(H,28,33)/t19-,20+,21+,25-/m0/s1. The first-order valence-electron chi connectivity index (χ1n) is 11.2. The van der Waals surface area contributed by atoms with Gasteiger partial charge in [-0.25, -0.2) is 0 Å². The molecule has 2 fully saturated rings. The molecule has 4 heterocycles. The van der Waals surface area contributed by atoms with Crippen LogP contribution in [0.4, 0.5) is 5.69 Å². The molecule has 0 unspecified atom stereocenters. The number of imide groups is 1. The van der Waals surface area contributed by atoms with Crippen molar-refractivity contribution in [2.45, 2.75) is 18.0 Å². The van der Waals surface area contributed by atoms with Crippen molar-refractivity contribution in [2.24, 2.45) is 11.8 Å². The van der Waals surface area contributed by atoms with Crippen molar-refractivity contribution in [3.8, 4) is 0 Å². The minimum absolute atomic E-state index is 0.154. The third kappa shape index (κ3) is 2.82. The summed E-state index contributed by atoms with van der Waals surface area (Å²) in [5.74, 6) is -2.52. The Balaban J connectivity index is 1.47. The molecule has 3 amide bonds. The number of methoxy groups -OCH3 is 1. The van der Waals surface area contributed by atoms with E-state index in [9.17, 15) is 14.4 Å². The molecule has 6 rings (SSSR count). The molecule has 1 aromatic heterocycles. The number of nitrogens with zero attached hydrogens (tertiary/aromatic N) is 1. The number of ether oxygens (including phenoxy) is 1. The van der Waals surface area contributed by atoms with Gasteiger partial charge in [0.05, 0.1) is 25.0 Å². The van der Waals surface area contributed by atoms with Crippen LogP contribution in [-0.4, -0.2) is 53.9 Å². The number of benzene rings is 2. The summed E-state index contributed by atoms with van der Waals surface area (Å²) in [6.07, 6.45) is 2.41. The van der Waals surface area contributed by atoms with Gasteiger partial charge in [-0.15, -0.1) is 0 Å². The van der Waals surface area contributed by atoms with Crippen LogP contribution in [-0.2, 0) is 31.1 Å². The van der Waals surface area contributed by atoms with E-state index in [2.05, 4.69) is 15.6 Å². The molecule has 0 saturated carbocycles. The molecule has 2 saturated heterocycles. The van der Waals surface area contributed by atoms with Gasteiger partial charge in [0.15, 0.2) is 0 Å². The van der Waals surface area contributed by atoms with E-state index in [1.165, 1.54) is 12.0 Å². The normalized spacial score (nSPS) is 27.6. The van der Waals surface area contributed by atoms with E-state index < -0.39 is 23.4 Å². The Morgan fingerprint density at radius 1 is 1.12 bits per heavy atom. The number of aromatic amines is 1. The summed E-state index contributed by atoms with van der Waals surface area (Å²) in [5.41, 5.74) is 1.85. The SMILES string of the molecule is COCCN1C(=O)[C@@H]2[C@H](Cc3c[nH]c4ccccc34)N[C@]3(C(=O)Nc4ccc(Cl)cc43)[C@H]2C1=O. The predicted molar refractivity (Wildman–Crippen MR) is 126 cm³/mol. The second-order valence-corrected chi connectivity index (χ2v) is 9.53. The summed E-state index contributed by atoms with van der Waals surface area (Å²) in [6.45, 7) is 0.389. The average Bonchev–Trinajstić information content (AvgIpc) is 3.53. The Kier molecular flexibility index (Phi) is 4.81. The lowest BCUT2D eigenvalue weighted by molar-refractivity contribution is -0.143. The van der Waals surface area contributed by atoms with Gasteiger partial charge < -0.3 is 15.0 Å². The van der Waals surface area contributed by atoms with Gasteiger partial charge >= 0.3 is 0 Å². The lowest BCUT2D eigenvalue weighted by Gasteiger charge is -2.29. The van der Waals surface area contributed by atoms with Gasteiger partial charge in [0, 0.05) is 46.5 Å². The van der Waals surface area contributed by atoms with E-state index in [1.54, 1.807) is 18.2 Å². The number of halogens is 1. The van der Waals surface area contributed by atoms with Gasteiger partial charge in [-0.05, 0) is 36.2 Å². The predicted octanol–water partition coefficient (Wildman–Crippen LogP) is 2.43. The fraction of sp³-hybridized carbons (Fsp3) is 0.320. The molecule has 1 spiro atoms. The van der Waals surface area contributed by atoms with E-state index in [0.29, 0.717) is 22.7 Å². The van der Waals surface area contributed by atoms with Gasteiger partial charge in [0.25, 0.3) is 0 Å². The number of hydrogen-bond donors (Lipinski definition) is 3. The molecule has 8 nitrogen and oxygen atoms in total. The number of aromatic nitrogens is 1. The molecule has 34 heavy (non-hydrogen) atoms. The first-order chi connectivity index (χ1) is 16.5. The number of amides is 3. The van der Waals surface area contributed by atoms with E-state index in [1.807, 2.05) is 30.5 Å². The highest BCUT2D eigenvalue weighted by molar-refractivity contribution is 6.31. The molecule has 3 N–H and O–H groups in total. The van der Waals surface area contributed by atoms with Gasteiger partial charge in [-0.1, -0.05) is 29.8 Å². The van der Waals surface area contributed by atoms with Crippen molar-refractivity contribution in [3.05, 3.63) is 64.8 Å². The van der Waals surface area contributed by atoms with Gasteiger partial charge in [-0.3, -0.25) is 24.6 Å². The Labute approximate surface area is 200 Å². The minimum Gasteiger partial charge on any atom is -0.383 e. The fourth-order valence-corrected chi connectivity index (χ4v) is 6.12. The summed E-state index contributed by atoms with van der Waals surface area (Å²) >= 11 is 6.30. The van der Waals surface area contributed by atoms with Crippen LogP contribution in [0.3, 0.4) is 0 Å². The van der Waals surface area contributed by atoms with Crippen molar-refractivity contribution in [3.63, 3.8) is 0 Å². The molecule has 3 aliphatic rings. The van der Waals surface area contributed by atoms with E-state index in [4.69, 9.17) is 16.3 Å². The van der Waals surface area contributed by atoms with Crippen LogP contribution in [0.15, 0.2) is 48.7 Å². The maximum Gasteiger partial charge on any atom is 0.250 e. The highest BCUT2D eigenvalue weighted by atomic mass is 35.5. The lowest BCUT2D eigenvalue weighted by Crippen LogP contribution is -2.53. The van der Waals surface area contributed by atoms with E-state index >= 15 is 0 Å². The smallest absolute Gasteiger partial charge is 0.250 e. The Morgan fingerprint density at radius 3 is 2.76 bits per heavy atom. The van der Waals surface area contributed by atoms with Crippen LogP contribution in [0.5, 0.6) is 0 Å². The number of hydrogen-bond acceptors (Lipinski definition) is 5. The molecular formula is C25H23ClN4O4. The molecule has 174 valence electrons. The Bertz CT molecular complexity index is 1350. The van der Waals surface area contributed by atoms with Crippen LogP contribution < -0.4 is 10.6 Å². The third-order valence-corrected chi connectivity index (χ3v) is 7.64. The number of rotatable bonds is 5. The number of carbonyl (C=O) groups is 3. The highest BCUT2D eigenvalue weighted by Crippen LogP contribution is 2.53. The summed E-state index contributed by atoms with van der Waals surface area (Å²) in [7, 11) is 1.53. The lowest BCUT2D eigenvalue weighted by atomic mass is 9.76. The first-order valence-corrected chi connectivity index (χ1v) is 11.6. The average molecular weight is 479 g/mol. The number of para-hydroxylation sites is 1. The van der Waals surface area contributed by atoms with Crippen LogP contribution in [0, 0.1) is 11.8 Å². The number of likely N-dealkylation sites (tertiary alicyclic amines) is 1. The zero-order valence-electron chi connectivity index (χ0n) is 18.4. The van der Waals surface area contributed by atoms with Crippen molar-refractivity contribution >= 4 is 45.9 Å². The monoisotopic (exact) mass is 478 g/mol. The zero-order valence-corrected chi connectivity index (χ0v) is 19.2. The quantitative estimate of drug-likeness (QED) is 0.489. The van der Waals surface area contributed by atoms with Crippen molar-refractivity contribution in [1.29, 1.82) is 0 Å². The molecule has 9 heteroatoms. The van der Waals surface area contributed by atoms with Crippen molar-refractivity contribution in [1.82, 2.24) is 15.2 Å². The summed E-state index contributed by atoms with van der Waals surface area (Å²) in [6, 6.07) is 12.6. The molecule has 0 radical (unpaired) electrons. The molecule has 0 aliphatic carbocycles. The Morgan fingerprint density at radius 2 is 1.94 bits per heavy atom. The maximum atomic E-state index is 13.7.